The van der Waals surface area contributed by atoms with Crippen LogP contribution in [0, 0.1) is 0 Å². The lowest BCUT2D eigenvalue weighted by atomic mass is 9.99. The Bertz CT molecular complexity index is 355. The van der Waals surface area contributed by atoms with Crippen LogP contribution in [0.2, 0.25) is 0 Å². The average molecular weight is 359 g/mol. The normalized spacial score (nSPS) is 19.3. The second-order valence-electron chi connectivity index (χ2n) is 6.64. The van der Waals surface area contributed by atoms with Crippen molar-refractivity contribution >= 4 is 17.7 Å². The molecule has 0 amide bonds. The molecule has 1 aliphatic rings. The molecule has 0 bridgehead atoms. The molecular formula is C18H38N4OS. The fraction of sp³-hybridized carbons (Fsp3) is 0.944. The first-order valence-corrected chi connectivity index (χ1v) is 10.6. The summed E-state index contributed by atoms with van der Waals surface area (Å²) in [5, 5.41) is 7.07. The lowest BCUT2D eigenvalue weighted by molar-refractivity contribution is 0.0782. The van der Waals surface area contributed by atoms with E-state index >= 15 is 0 Å². The van der Waals surface area contributed by atoms with Crippen LogP contribution < -0.4 is 10.6 Å². The van der Waals surface area contributed by atoms with Crippen LogP contribution in [0.5, 0.6) is 0 Å². The van der Waals surface area contributed by atoms with Gasteiger partial charge in [0.05, 0.1) is 0 Å². The Hall–Kier alpha value is -0.460. The third kappa shape index (κ3) is 7.62. The molecule has 0 aromatic rings. The van der Waals surface area contributed by atoms with E-state index < -0.39 is 0 Å². The Kier molecular flexibility index (Phi) is 10.8. The maximum absolute atomic E-state index is 5.52. The third-order valence-corrected chi connectivity index (χ3v) is 6.45. The van der Waals surface area contributed by atoms with Crippen molar-refractivity contribution in [2.75, 3.05) is 52.7 Å². The zero-order chi connectivity index (χ0) is 17.8. The molecule has 24 heavy (non-hydrogen) atoms. The van der Waals surface area contributed by atoms with Crippen LogP contribution in [0.3, 0.4) is 0 Å². The summed E-state index contributed by atoms with van der Waals surface area (Å²) in [6.45, 7) is 12.9. The molecule has 0 saturated carbocycles. The van der Waals surface area contributed by atoms with Crippen molar-refractivity contribution in [1.82, 2.24) is 15.5 Å². The number of ether oxygens (including phenoxy) is 1. The molecule has 1 saturated heterocycles. The average Bonchev–Trinajstić information content (AvgIpc) is 2.63. The molecule has 0 aromatic carbocycles. The van der Waals surface area contributed by atoms with E-state index in [1.165, 1.54) is 19.4 Å². The van der Waals surface area contributed by atoms with E-state index in [-0.39, 0.29) is 4.75 Å². The Labute approximate surface area is 153 Å². The first kappa shape index (κ1) is 21.6. The van der Waals surface area contributed by atoms with Crippen LogP contribution in [0.4, 0.5) is 0 Å². The third-order valence-electron chi connectivity index (χ3n) is 5.03. The lowest BCUT2D eigenvalue weighted by Gasteiger charge is -2.36. The SMILES string of the molecule is CCN(CC)CCCC(C)NC(=NC)NCC1(SC)CCOCC1. The highest BCUT2D eigenvalue weighted by Gasteiger charge is 2.31. The van der Waals surface area contributed by atoms with Crippen LogP contribution in [0.25, 0.3) is 0 Å². The molecule has 0 spiro atoms. The van der Waals surface area contributed by atoms with Crippen LogP contribution >= 0.6 is 11.8 Å². The van der Waals surface area contributed by atoms with Gasteiger partial charge < -0.3 is 20.3 Å². The maximum atomic E-state index is 5.52. The van der Waals surface area contributed by atoms with Crippen molar-refractivity contribution < 1.29 is 4.74 Å². The van der Waals surface area contributed by atoms with Crippen molar-refractivity contribution in [2.24, 2.45) is 4.99 Å². The molecule has 1 aliphatic heterocycles. The number of hydrogen-bond acceptors (Lipinski definition) is 4. The van der Waals surface area contributed by atoms with E-state index in [1.54, 1.807) is 0 Å². The highest BCUT2D eigenvalue weighted by Crippen LogP contribution is 2.32. The predicted molar refractivity (Wildman–Crippen MR) is 107 cm³/mol. The van der Waals surface area contributed by atoms with Crippen molar-refractivity contribution in [3.8, 4) is 0 Å². The topological polar surface area (TPSA) is 48.9 Å². The molecule has 1 heterocycles. The molecule has 0 aromatic heterocycles. The number of guanidine groups is 1. The minimum atomic E-state index is 0.280. The van der Waals surface area contributed by atoms with Gasteiger partial charge in [-0.15, -0.1) is 0 Å². The summed E-state index contributed by atoms with van der Waals surface area (Å²) in [6, 6.07) is 0.437. The summed E-state index contributed by atoms with van der Waals surface area (Å²) >= 11 is 1.96. The van der Waals surface area contributed by atoms with E-state index in [0.29, 0.717) is 6.04 Å². The van der Waals surface area contributed by atoms with Gasteiger partial charge >= 0.3 is 0 Å². The fourth-order valence-electron chi connectivity index (χ4n) is 3.10. The van der Waals surface area contributed by atoms with Gasteiger partial charge in [-0.3, -0.25) is 4.99 Å². The van der Waals surface area contributed by atoms with Crippen LogP contribution in [-0.4, -0.2) is 74.3 Å². The van der Waals surface area contributed by atoms with Gasteiger partial charge in [-0.25, -0.2) is 0 Å². The zero-order valence-corrected chi connectivity index (χ0v) is 17.2. The molecule has 1 unspecified atom stereocenters. The lowest BCUT2D eigenvalue weighted by Crippen LogP contribution is -2.49. The van der Waals surface area contributed by atoms with Gasteiger partial charge in [0.1, 0.15) is 0 Å². The molecule has 0 aliphatic carbocycles. The molecule has 1 rings (SSSR count). The molecular weight excluding hydrogens is 320 g/mol. The summed E-state index contributed by atoms with van der Waals surface area (Å²) in [5.74, 6) is 0.922. The van der Waals surface area contributed by atoms with Gasteiger partial charge in [-0.1, -0.05) is 13.8 Å². The maximum Gasteiger partial charge on any atom is 0.191 e. The van der Waals surface area contributed by atoms with E-state index in [9.17, 15) is 0 Å². The summed E-state index contributed by atoms with van der Waals surface area (Å²) < 4.78 is 5.79. The summed E-state index contributed by atoms with van der Waals surface area (Å²) in [7, 11) is 1.85. The van der Waals surface area contributed by atoms with Crippen molar-refractivity contribution in [1.29, 1.82) is 0 Å². The van der Waals surface area contributed by atoms with Gasteiger partial charge in [-0.05, 0) is 58.5 Å². The highest BCUT2D eigenvalue weighted by molar-refractivity contribution is 8.00. The van der Waals surface area contributed by atoms with Gasteiger partial charge in [0.2, 0.25) is 0 Å². The summed E-state index contributed by atoms with van der Waals surface area (Å²) in [6.07, 6.45) is 6.81. The number of rotatable bonds is 10. The highest BCUT2D eigenvalue weighted by atomic mass is 32.2. The van der Waals surface area contributed by atoms with Crippen LogP contribution in [0.15, 0.2) is 4.99 Å². The molecule has 142 valence electrons. The Balaban J connectivity index is 2.33. The number of nitrogens with zero attached hydrogens (tertiary/aromatic N) is 2. The standard InChI is InChI=1S/C18H38N4OS/c1-6-22(7-2)12-8-9-16(3)21-17(19-4)20-15-18(24-5)10-13-23-14-11-18/h16H,6-15H2,1-5H3,(H2,19,20,21). The molecule has 1 fully saturated rings. The van der Waals surface area contributed by atoms with Crippen LogP contribution in [-0.2, 0) is 4.74 Å². The number of thioether (sulfide) groups is 1. The molecule has 6 heteroatoms. The number of hydrogen-bond donors (Lipinski definition) is 2. The van der Waals surface area contributed by atoms with Crippen molar-refractivity contribution in [3.63, 3.8) is 0 Å². The summed E-state index contributed by atoms with van der Waals surface area (Å²) in [5.41, 5.74) is 0. The van der Waals surface area contributed by atoms with E-state index in [1.807, 2.05) is 18.8 Å². The minimum Gasteiger partial charge on any atom is -0.381 e. The number of nitrogens with one attached hydrogen (secondary N) is 2. The fourth-order valence-corrected chi connectivity index (χ4v) is 3.89. The summed E-state index contributed by atoms with van der Waals surface area (Å²) in [4.78, 5) is 6.88. The van der Waals surface area contributed by atoms with Crippen LogP contribution in [0.1, 0.15) is 46.5 Å². The molecule has 1 atom stereocenters. The quantitative estimate of drug-likeness (QED) is 0.464. The second kappa shape index (κ2) is 12.0. The smallest absolute Gasteiger partial charge is 0.191 e. The van der Waals surface area contributed by atoms with Crippen molar-refractivity contribution in [2.45, 2.75) is 57.2 Å². The van der Waals surface area contributed by atoms with Gasteiger partial charge in [-0.2, -0.15) is 11.8 Å². The van der Waals surface area contributed by atoms with Crippen molar-refractivity contribution in [3.05, 3.63) is 0 Å². The van der Waals surface area contributed by atoms with Gasteiger partial charge in [0.25, 0.3) is 0 Å². The largest absolute Gasteiger partial charge is 0.381 e. The van der Waals surface area contributed by atoms with Gasteiger partial charge in [0.15, 0.2) is 5.96 Å². The Morgan fingerprint density at radius 1 is 1.29 bits per heavy atom. The zero-order valence-electron chi connectivity index (χ0n) is 16.4. The Morgan fingerprint density at radius 2 is 1.96 bits per heavy atom. The second-order valence-corrected chi connectivity index (χ2v) is 7.91. The molecule has 0 radical (unpaired) electrons. The Morgan fingerprint density at radius 3 is 2.50 bits per heavy atom. The molecule has 2 N–H and O–H groups in total. The van der Waals surface area contributed by atoms with E-state index in [4.69, 9.17) is 4.74 Å². The predicted octanol–water partition coefficient (Wildman–Crippen LogP) is 2.57. The molecule has 5 nitrogen and oxygen atoms in total. The van der Waals surface area contributed by atoms with E-state index in [2.05, 4.69) is 47.6 Å². The number of aliphatic imine (C=N–C) groups is 1. The monoisotopic (exact) mass is 358 g/mol. The minimum absolute atomic E-state index is 0.280. The van der Waals surface area contributed by atoms with Gasteiger partial charge in [0, 0.05) is 37.6 Å². The van der Waals surface area contributed by atoms with E-state index in [0.717, 1.165) is 51.6 Å². The first-order chi connectivity index (χ1) is 11.6. The first-order valence-electron chi connectivity index (χ1n) is 9.41.